The molecule has 0 saturated heterocycles. The summed E-state index contributed by atoms with van der Waals surface area (Å²) < 4.78 is 0. The number of anilines is 2. The molecule has 4 aromatic rings. The molecule has 0 spiro atoms. The summed E-state index contributed by atoms with van der Waals surface area (Å²) in [5, 5.41) is 4.75. The number of rotatable bonds is 6. The van der Waals surface area contributed by atoms with Gasteiger partial charge in [-0.25, -0.2) is 15.0 Å². The number of pyridine rings is 1. The maximum Gasteiger partial charge on any atom is 0.163 e. The molecule has 1 fully saturated rings. The van der Waals surface area contributed by atoms with Crippen LogP contribution in [0.3, 0.4) is 0 Å². The molecule has 162 valence electrons. The van der Waals surface area contributed by atoms with Crippen molar-refractivity contribution in [2.24, 2.45) is 5.92 Å². The van der Waals surface area contributed by atoms with E-state index in [0.29, 0.717) is 23.5 Å². The van der Waals surface area contributed by atoms with Gasteiger partial charge in [-0.3, -0.25) is 0 Å². The van der Waals surface area contributed by atoms with Crippen LogP contribution in [0.5, 0.6) is 0 Å². The van der Waals surface area contributed by atoms with Gasteiger partial charge in [-0.2, -0.15) is 0 Å². The molecule has 0 amide bonds. The third kappa shape index (κ3) is 4.15. The Balaban J connectivity index is 1.51. The Hall–Kier alpha value is -3.47. The largest absolute Gasteiger partial charge is 0.384 e. The second kappa shape index (κ2) is 8.95. The number of aromatic nitrogens is 3. The van der Waals surface area contributed by atoms with Crippen LogP contribution in [0.2, 0.25) is 0 Å². The lowest BCUT2D eigenvalue weighted by Crippen LogP contribution is -2.20. The Bertz CT molecular complexity index is 1220. The molecule has 1 aliphatic carbocycles. The predicted molar refractivity (Wildman–Crippen MR) is 132 cm³/mol. The van der Waals surface area contributed by atoms with Gasteiger partial charge >= 0.3 is 0 Å². The van der Waals surface area contributed by atoms with Crippen molar-refractivity contribution >= 4 is 22.5 Å². The zero-order valence-corrected chi connectivity index (χ0v) is 18.5. The van der Waals surface area contributed by atoms with Crippen molar-refractivity contribution in [1.29, 1.82) is 0 Å². The molecule has 32 heavy (non-hydrogen) atoms. The molecule has 0 bridgehead atoms. The topological polar surface area (TPSA) is 76.7 Å². The summed E-state index contributed by atoms with van der Waals surface area (Å²) in [4.78, 5) is 14.0. The number of hydrogen-bond acceptors (Lipinski definition) is 5. The average molecular weight is 424 g/mol. The molecular weight excluding hydrogens is 394 g/mol. The van der Waals surface area contributed by atoms with E-state index >= 15 is 0 Å². The minimum Gasteiger partial charge on any atom is -0.384 e. The summed E-state index contributed by atoms with van der Waals surface area (Å²) in [7, 11) is 0. The van der Waals surface area contributed by atoms with E-state index in [-0.39, 0.29) is 0 Å². The van der Waals surface area contributed by atoms with Crippen molar-refractivity contribution in [3.05, 3.63) is 78.0 Å². The van der Waals surface area contributed by atoms with Gasteiger partial charge in [-0.05, 0) is 55.0 Å². The van der Waals surface area contributed by atoms with Gasteiger partial charge < -0.3 is 11.1 Å². The van der Waals surface area contributed by atoms with E-state index in [2.05, 4.69) is 46.7 Å². The molecule has 0 radical (unpaired) electrons. The van der Waals surface area contributed by atoms with Crippen molar-refractivity contribution in [2.45, 2.75) is 38.5 Å². The van der Waals surface area contributed by atoms with Crippen molar-refractivity contribution in [2.75, 3.05) is 17.6 Å². The molecular formula is C27H29N5. The Kier molecular flexibility index (Phi) is 5.71. The molecule has 3 N–H and O–H groups in total. The van der Waals surface area contributed by atoms with Gasteiger partial charge in [0.15, 0.2) is 5.82 Å². The number of nitrogen functional groups attached to an aromatic ring is 1. The average Bonchev–Trinajstić information content (AvgIpc) is 3.34. The van der Waals surface area contributed by atoms with Gasteiger partial charge in [-0.15, -0.1) is 0 Å². The Morgan fingerprint density at radius 3 is 2.53 bits per heavy atom. The fourth-order valence-electron chi connectivity index (χ4n) is 4.97. The highest BCUT2D eigenvalue weighted by atomic mass is 15.0. The Morgan fingerprint density at radius 1 is 1.00 bits per heavy atom. The lowest BCUT2D eigenvalue weighted by molar-refractivity contribution is 0.448. The first-order chi connectivity index (χ1) is 15.7. The van der Waals surface area contributed by atoms with Crippen molar-refractivity contribution in [3.63, 3.8) is 0 Å². The lowest BCUT2D eigenvalue weighted by Gasteiger charge is -2.25. The molecule has 2 aromatic carbocycles. The normalized spacial score (nSPS) is 15.2. The van der Waals surface area contributed by atoms with E-state index in [1.54, 1.807) is 6.20 Å². The third-order valence-corrected chi connectivity index (χ3v) is 6.66. The number of benzene rings is 2. The first kappa shape index (κ1) is 20.4. The maximum absolute atomic E-state index is 5.86. The molecule has 0 aliphatic heterocycles. The molecule has 2 aromatic heterocycles. The van der Waals surface area contributed by atoms with Crippen LogP contribution in [0.1, 0.15) is 42.7 Å². The highest BCUT2D eigenvalue weighted by molar-refractivity contribution is 5.90. The maximum atomic E-state index is 5.86. The highest BCUT2D eigenvalue weighted by Crippen LogP contribution is 2.38. The molecule has 2 heterocycles. The number of aryl methyl sites for hydroxylation is 1. The van der Waals surface area contributed by atoms with Crippen LogP contribution < -0.4 is 11.1 Å². The van der Waals surface area contributed by atoms with Crippen molar-refractivity contribution in [1.82, 2.24) is 15.0 Å². The van der Waals surface area contributed by atoms with Crippen LogP contribution in [-0.2, 0) is 0 Å². The van der Waals surface area contributed by atoms with Crippen molar-refractivity contribution in [3.8, 4) is 11.4 Å². The second-order valence-corrected chi connectivity index (χ2v) is 8.78. The lowest BCUT2D eigenvalue weighted by atomic mass is 9.85. The van der Waals surface area contributed by atoms with E-state index in [0.717, 1.165) is 34.4 Å². The zero-order chi connectivity index (χ0) is 21.9. The minimum atomic E-state index is 0.468. The number of para-hydroxylation sites is 1. The Labute approximate surface area is 189 Å². The number of nitrogens with zero attached hydrogens (tertiary/aromatic N) is 3. The second-order valence-electron chi connectivity index (χ2n) is 8.78. The minimum absolute atomic E-state index is 0.468. The highest BCUT2D eigenvalue weighted by Gasteiger charge is 2.26. The SMILES string of the molecule is Cc1cc(N)ncc1-c1nc(NCC(c2ccccc2)C2CCCC2)c2ccccc2n1. The monoisotopic (exact) mass is 423 g/mol. The van der Waals surface area contributed by atoms with Crippen LogP contribution >= 0.6 is 0 Å². The summed E-state index contributed by atoms with van der Waals surface area (Å²) in [5.74, 6) is 3.23. The molecule has 5 nitrogen and oxygen atoms in total. The van der Waals surface area contributed by atoms with E-state index in [4.69, 9.17) is 15.7 Å². The fourth-order valence-corrected chi connectivity index (χ4v) is 4.97. The van der Waals surface area contributed by atoms with Gasteiger partial charge in [0.1, 0.15) is 11.6 Å². The molecule has 1 aliphatic rings. The van der Waals surface area contributed by atoms with Gasteiger partial charge in [0, 0.05) is 29.6 Å². The van der Waals surface area contributed by atoms with E-state index in [1.807, 2.05) is 31.2 Å². The molecule has 5 rings (SSSR count). The number of nitrogens with one attached hydrogen (secondary N) is 1. The summed E-state index contributed by atoms with van der Waals surface area (Å²) >= 11 is 0. The summed E-state index contributed by atoms with van der Waals surface area (Å²) in [6.07, 6.45) is 7.03. The van der Waals surface area contributed by atoms with Crippen LogP contribution in [0.4, 0.5) is 11.6 Å². The summed E-state index contributed by atoms with van der Waals surface area (Å²) in [6, 6.07) is 21.0. The molecule has 5 heteroatoms. The molecule has 1 saturated carbocycles. The fraction of sp³-hybridized carbons (Fsp3) is 0.296. The van der Waals surface area contributed by atoms with Gasteiger partial charge in [-0.1, -0.05) is 55.3 Å². The Morgan fingerprint density at radius 2 is 1.75 bits per heavy atom. The first-order valence-corrected chi connectivity index (χ1v) is 11.5. The van der Waals surface area contributed by atoms with E-state index in [9.17, 15) is 0 Å². The number of nitrogens with two attached hydrogens (primary N) is 1. The first-order valence-electron chi connectivity index (χ1n) is 11.5. The summed E-state index contributed by atoms with van der Waals surface area (Å²) in [6.45, 7) is 2.87. The van der Waals surface area contributed by atoms with Crippen LogP contribution in [0.15, 0.2) is 66.9 Å². The third-order valence-electron chi connectivity index (χ3n) is 6.66. The standard InChI is InChI=1S/C27H29N5/c1-18-15-25(28)29-16-22(18)27-31-24-14-8-7-13-21(24)26(32-27)30-17-23(20-11-5-6-12-20)19-9-3-2-4-10-19/h2-4,7-10,13-16,20,23H,5-6,11-12,17H2,1H3,(H2,28,29)(H,30,31,32). The smallest absolute Gasteiger partial charge is 0.163 e. The van der Waals surface area contributed by atoms with Gasteiger partial charge in [0.2, 0.25) is 0 Å². The van der Waals surface area contributed by atoms with Crippen LogP contribution in [-0.4, -0.2) is 21.5 Å². The van der Waals surface area contributed by atoms with Crippen molar-refractivity contribution < 1.29 is 0 Å². The number of fused-ring (bicyclic) bond motifs is 1. The molecule has 1 unspecified atom stereocenters. The van der Waals surface area contributed by atoms with Crippen LogP contribution in [0.25, 0.3) is 22.3 Å². The zero-order valence-electron chi connectivity index (χ0n) is 18.5. The quantitative estimate of drug-likeness (QED) is 0.400. The van der Waals surface area contributed by atoms with E-state index < -0.39 is 0 Å². The van der Waals surface area contributed by atoms with E-state index in [1.165, 1.54) is 31.2 Å². The van der Waals surface area contributed by atoms with Gasteiger partial charge in [0.05, 0.1) is 5.52 Å². The predicted octanol–water partition coefficient (Wildman–Crippen LogP) is 5.97. The van der Waals surface area contributed by atoms with Crippen LogP contribution in [0, 0.1) is 12.8 Å². The molecule has 1 atom stereocenters. The number of hydrogen-bond donors (Lipinski definition) is 2. The summed E-state index contributed by atoms with van der Waals surface area (Å²) in [5.41, 5.74) is 10.1. The van der Waals surface area contributed by atoms with Gasteiger partial charge in [0.25, 0.3) is 0 Å².